The Bertz CT molecular complexity index is 358. The highest BCUT2D eigenvalue weighted by Crippen LogP contribution is 2.35. The molecule has 4 heteroatoms. The van der Waals surface area contributed by atoms with Gasteiger partial charge in [0.1, 0.15) is 5.94 Å². The van der Waals surface area contributed by atoms with Gasteiger partial charge >= 0.3 is 0 Å². The molecule has 0 N–H and O–H groups in total. The molecule has 0 heterocycles. The monoisotopic (exact) mass is 230 g/mol. The first-order valence-electron chi connectivity index (χ1n) is 4.46. The molecule has 0 aliphatic rings. The fraction of sp³-hybridized carbons (Fsp3) is 0.364. The van der Waals surface area contributed by atoms with Crippen molar-refractivity contribution < 1.29 is 13.9 Å². The first-order valence-corrected chi connectivity index (χ1v) is 7.49. The number of aldehydes is 1. The van der Waals surface area contributed by atoms with E-state index in [4.69, 9.17) is 4.74 Å². The number of para-hydroxylation sites is 1. The van der Waals surface area contributed by atoms with Crippen molar-refractivity contribution in [1.82, 2.24) is 0 Å². The van der Waals surface area contributed by atoms with Gasteiger partial charge in [-0.05, 0) is 30.9 Å². The Kier molecular flexibility index (Phi) is 3.74. The van der Waals surface area contributed by atoms with Crippen LogP contribution in [0.25, 0.3) is 0 Å². The Labute approximate surface area is 90.8 Å². The van der Waals surface area contributed by atoms with E-state index in [1.807, 2.05) is 0 Å². The van der Waals surface area contributed by atoms with Gasteiger partial charge in [0.25, 0.3) is 0 Å². The molecule has 0 amide bonds. The van der Waals surface area contributed by atoms with Crippen LogP contribution in [-0.4, -0.2) is 31.0 Å². The molecular weight excluding hydrogens is 215 g/mol. The Balaban J connectivity index is 2.88. The van der Waals surface area contributed by atoms with Crippen LogP contribution in [0.5, 0.6) is 5.75 Å². The molecule has 1 rings (SSSR count). The average Bonchev–Trinajstić information content (AvgIpc) is 2.14. The van der Waals surface area contributed by atoms with E-state index in [9.17, 15) is 9.18 Å². The van der Waals surface area contributed by atoms with Crippen molar-refractivity contribution >= 4 is 16.3 Å². The van der Waals surface area contributed by atoms with E-state index in [0.717, 1.165) is 0 Å². The first-order chi connectivity index (χ1) is 6.94. The van der Waals surface area contributed by atoms with Gasteiger partial charge in [-0.25, -0.2) is 14.4 Å². The van der Waals surface area contributed by atoms with E-state index in [1.165, 1.54) is 12.1 Å². The lowest BCUT2D eigenvalue weighted by Crippen LogP contribution is -2.08. The summed E-state index contributed by atoms with van der Waals surface area (Å²) >= 11 is 0. The lowest BCUT2D eigenvalue weighted by atomic mass is 10.2. The SMILES string of the molecule is CS(C)(C)COc1c(F)cccc1C=O. The highest BCUT2D eigenvalue weighted by molar-refractivity contribution is 8.32. The molecular formula is C11H15FO2S. The van der Waals surface area contributed by atoms with Crippen LogP contribution >= 0.6 is 10.0 Å². The van der Waals surface area contributed by atoms with Gasteiger partial charge in [-0.15, -0.1) is 0 Å². The highest BCUT2D eigenvalue weighted by Gasteiger charge is 2.12. The molecule has 0 aliphatic carbocycles. The second kappa shape index (κ2) is 4.66. The van der Waals surface area contributed by atoms with Crippen LogP contribution in [0, 0.1) is 5.82 Å². The molecule has 0 spiro atoms. The predicted molar refractivity (Wildman–Crippen MR) is 62.6 cm³/mol. The van der Waals surface area contributed by atoms with Gasteiger partial charge in [0.15, 0.2) is 17.9 Å². The predicted octanol–water partition coefficient (Wildman–Crippen LogP) is 2.67. The normalized spacial score (nSPS) is 12.3. The third-order valence-corrected chi connectivity index (χ3v) is 2.51. The molecule has 0 radical (unpaired) electrons. The molecule has 0 aromatic heterocycles. The van der Waals surface area contributed by atoms with Crippen molar-refractivity contribution in [3.63, 3.8) is 0 Å². The van der Waals surface area contributed by atoms with Crippen molar-refractivity contribution in [2.45, 2.75) is 0 Å². The summed E-state index contributed by atoms with van der Waals surface area (Å²) in [6.45, 7) is 0. The van der Waals surface area contributed by atoms with Crippen molar-refractivity contribution in [3.05, 3.63) is 29.6 Å². The van der Waals surface area contributed by atoms with Crippen LogP contribution in [0.1, 0.15) is 10.4 Å². The first kappa shape index (κ1) is 12.0. The maximum absolute atomic E-state index is 13.3. The summed E-state index contributed by atoms with van der Waals surface area (Å²) in [5.74, 6) is 0.0348. The fourth-order valence-electron chi connectivity index (χ4n) is 1.01. The minimum atomic E-state index is -0.869. The van der Waals surface area contributed by atoms with E-state index in [0.29, 0.717) is 12.2 Å². The second-order valence-corrected chi connectivity index (χ2v) is 8.55. The number of carbonyl (C=O) groups excluding carboxylic acids is 1. The molecule has 84 valence electrons. The Morgan fingerprint density at radius 2 is 2.07 bits per heavy atom. The number of ether oxygens (including phenoxy) is 1. The molecule has 0 saturated heterocycles. The Morgan fingerprint density at radius 1 is 1.40 bits per heavy atom. The van der Waals surface area contributed by atoms with E-state index < -0.39 is 15.8 Å². The molecule has 0 aliphatic heterocycles. The van der Waals surface area contributed by atoms with Crippen molar-refractivity contribution in [2.75, 3.05) is 24.7 Å². The van der Waals surface area contributed by atoms with Gasteiger partial charge in [0.05, 0.1) is 5.56 Å². The number of hydrogen-bond donors (Lipinski definition) is 0. The average molecular weight is 230 g/mol. The third-order valence-electron chi connectivity index (χ3n) is 1.68. The van der Waals surface area contributed by atoms with Crippen LogP contribution in [0.4, 0.5) is 4.39 Å². The van der Waals surface area contributed by atoms with Crippen LogP contribution in [0.2, 0.25) is 0 Å². The Hall–Kier alpha value is -1.03. The summed E-state index contributed by atoms with van der Waals surface area (Å²) in [4.78, 5) is 10.7. The van der Waals surface area contributed by atoms with Crippen molar-refractivity contribution in [2.24, 2.45) is 0 Å². The number of rotatable bonds is 4. The minimum absolute atomic E-state index is 0.0647. The summed E-state index contributed by atoms with van der Waals surface area (Å²) in [5.41, 5.74) is 0.263. The quantitative estimate of drug-likeness (QED) is 0.743. The zero-order chi connectivity index (χ0) is 11.5. The number of halogens is 1. The van der Waals surface area contributed by atoms with Crippen molar-refractivity contribution in [1.29, 1.82) is 0 Å². The van der Waals surface area contributed by atoms with Gasteiger partial charge in [0, 0.05) is 0 Å². The lowest BCUT2D eigenvalue weighted by molar-refractivity contribution is 0.111. The molecule has 15 heavy (non-hydrogen) atoms. The summed E-state index contributed by atoms with van der Waals surface area (Å²) in [6.07, 6.45) is 6.80. The number of carbonyl (C=O) groups is 1. The molecule has 0 bridgehead atoms. The van der Waals surface area contributed by atoms with E-state index in [-0.39, 0.29) is 11.3 Å². The van der Waals surface area contributed by atoms with Gasteiger partial charge in [-0.3, -0.25) is 4.79 Å². The smallest absolute Gasteiger partial charge is 0.166 e. The topological polar surface area (TPSA) is 26.3 Å². The number of benzene rings is 1. The van der Waals surface area contributed by atoms with E-state index in [2.05, 4.69) is 18.8 Å². The van der Waals surface area contributed by atoms with Gasteiger partial charge in [-0.2, -0.15) is 0 Å². The summed E-state index contributed by atoms with van der Waals surface area (Å²) in [5, 5.41) is 0. The molecule has 2 nitrogen and oxygen atoms in total. The highest BCUT2D eigenvalue weighted by atomic mass is 32.3. The van der Waals surface area contributed by atoms with Crippen molar-refractivity contribution in [3.8, 4) is 5.75 Å². The zero-order valence-electron chi connectivity index (χ0n) is 9.12. The van der Waals surface area contributed by atoms with E-state index in [1.54, 1.807) is 6.07 Å². The minimum Gasteiger partial charge on any atom is -0.481 e. The summed E-state index contributed by atoms with van der Waals surface area (Å²) < 4.78 is 18.7. The lowest BCUT2D eigenvalue weighted by Gasteiger charge is -2.25. The zero-order valence-corrected chi connectivity index (χ0v) is 9.94. The van der Waals surface area contributed by atoms with Crippen LogP contribution in [0.3, 0.4) is 0 Å². The maximum atomic E-state index is 13.3. The maximum Gasteiger partial charge on any atom is 0.166 e. The van der Waals surface area contributed by atoms with Crippen LogP contribution < -0.4 is 4.74 Å². The van der Waals surface area contributed by atoms with Crippen LogP contribution in [-0.2, 0) is 0 Å². The third kappa shape index (κ3) is 3.55. The molecule has 0 unspecified atom stereocenters. The summed E-state index contributed by atoms with van der Waals surface area (Å²) in [7, 11) is -0.869. The second-order valence-electron chi connectivity index (χ2n) is 4.13. The number of hydrogen-bond acceptors (Lipinski definition) is 2. The summed E-state index contributed by atoms with van der Waals surface area (Å²) in [6, 6.07) is 4.33. The van der Waals surface area contributed by atoms with Gasteiger partial charge in [0.2, 0.25) is 0 Å². The molecule has 1 aromatic rings. The van der Waals surface area contributed by atoms with Crippen LogP contribution in [0.15, 0.2) is 18.2 Å². The van der Waals surface area contributed by atoms with E-state index >= 15 is 0 Å². The molecule has 0 saturated carbocycles. The molecule has 0 fully saturated rings. The fourth-order valence-corrected chi connectivity index (χ4v) is 1.48. The standard InChI is InChI=1S/C11H15FO2S/c1-15(2,3)8-14-11-9(7-13)5-4-6-10(11)12/h4-7H,8H2,1-3H3. The van der Waals surface area contributed by atoms with Gasteiger partial charge < -0.3 is 4.74 Å². The largest absolute Gasteiger partial charge is 0.481 e. The molecule has 1 aromatic carbocycles. The van der Waals surface area contributed by atoms with Gasteiger partial charge in [-0.1, -0.05) is 6.07 Å². The molecule has 0 atom stereocenters. The Morgan fingerprint density at radius 3 is 2.60 bits per heavy atom.